The summed E-state index contributed by atoms with van der Waals surface area (Å²) in [5.74, 6) is 0.449. The molecule has 0 bridgehead atoms. The van der Waals surface area contributed by atoms with Gasteiger partial charge in [-0.15, -0.1) is 0 Å². The van der Waals surface area contributed by atoms with Gasteiger partial charge in [-0.3, -0.25) is 4.79 Å². The van der Waals surface area contributed by atoms with E-state index in [4.69, 9.17) is 9.26 Å². The van der Waals surface area contributed by atoms with Crippen LogP contribution in [0, 0.1) is 6.92 Å². The highest BCUT2D eigenvalue weighted by Gasteiger charge is 2.27. The van der Waals surface area contributed by atoms with E-state index < -0.39 is 15.9 Å². The van der Waals surface area contributed by atoms with Crippen molar-refractivity contribution < 1.29 is 22.5 Å². The lowest BCUT2D eigenvalue weighted by molar-refractivity contribution is 0.102. The number of carbonyl (C=O) groups is 1. The number of ether oxygens (including phenoxy) is 1. The Morgan fingerprint density at radius 1 is 1.16 bits per heavy atom. The molecular formula is C22H24N4O5S. The number of para-hydroxylation sites is 1. The number of aromatic nitrogens is 2. The molecule has 1 aliphatic carbocycles. The quantitative estimate of drug-likeness (QED) is 0.557. The number of hydrogen-bond acceptors (Lipinski definition) is 7. The average Bonchev–Trinajstić information content (AvgIpc) is 3.45. The highest BCUT2D eigenvalue weighted by Crippen LogP contribution is 2.29. The van der Waals surface area contributed by atoms with Crippen molar-refractivity contribution in [3.8, 4) is 17.1 Å². The van der Waals surface area contributed by atoms with Crippen LogP contribution in [0.25, 0.3) is 11.4 Å². The second-order valence-electron chi connectivity index (χ2n) is 7.61. The van der Waals surface area contributed by atoms with E-state index in [2.05, 4.69) is 20.2 Å². The van der Waals surface area contributed by atoms with Crippen LogP contribution in [-0.4, -0.2) is 37.6 Å². The fourth-order valence-corrected chi connectivity index (χ4v) is 5.24. The summed E-state index contributed by atoms with van der Waals surface area (Å²) in [6.45, 7) is 1.68. The van der Waals surface area contributed by atoms with Crippen molar-refractivity contribution in [2.75, 3.05) is 12.4 Å². The van der Waals surface area contributed by atoms with Crippen LogP contribution in [0.3, 0.4) is 0 Å². The SMILES string of the molecule is COc1ccc(C(=O)Nc2ccccc2-c2noc(C)n2)cc1S(=O)(=O)NC1CCCC1. The summed E-state index contributed by atoms with van der Waals surface area (Å²) < 4.78 is 39.0. The first kappa shape index (κ1) is 22.0. The molecule has 1 aliphatic rings. The molecule has 32 heavy (non-hydrogen) atoms. The lowest BCUT2D eigenvalue weighted by Gasteiger charge is -2.16. The fraction of sp³-hybridized carbons (Fsp3) is 0.318. The molecule has 1 amide bonds. The first-order valence-corrected chi connectivity index (χ1v) is 11.8. The molecule has 168 valence electrons. The molecule has 0 unspecified atom stereocenters. The minimum absolute atomic E-state index is 0.0679. The lowest BCUT2D eigenvalue weighted by Crippen LogP contribution is -2.33. The van der Waals surface area contributed by atoms with Crippen LogP contribution < -0.4 is 14.8 Å². The molecule has 0 saturated heterocycles. The van der Waals surface area contributed by atoms with Gasteiger partial charge in [0.15, 0.2) is 0 Å². The van der Waals surface area contributed by atoms with Crippen LogP contribution in [0.15, 0.2) is 51.9 Å². The van der Waals surface area contributed by atoms with Gasteiger partial charge in [-0.1, -0.05) is 30.1 Å². The first-order valence-electron chi connectivity index (χ1n) is 10.3. The van der Waals surface area contributed by atoms with Crippen molar-refractivity contribution in [2.45, 2.75) is 43.5 Å². The number of nitrogens with one attached hydrogen (secondary N) is 2. The van der Waals surface area contributed by atoms with E-state index in [0.717, 1.165) is 25.7 Å². The second-order valence-corrected chi connectivity index (χ2v) is 9.29. The normalized spacial score (nSPS) is 14.4. The van der Waals surface area contributed by atoms with E-state index >= 15 is 0 Å². The van der Waals surface area contributed by atoms with E-state index in [-0.39, 0.29) is 22.3 Å². The minimum Gasteiger partial charge on any atom is -0.495 e. The standard InChI is InChI=1S/C22H24N4O5S/c1-14-23-21(25-31-14)17-9-5-6-10-18(17)24-22(27)15-11-12-19(30-2)20(13-15)32(28,29)26-16-7-3-4-8-16/h5-6,9-13,16,26H,3-4,7-8H2,1-2H3,(H,24,27). The number of carbonyl (C=O) groups excluding carboxylic acids is 1. The third-order valence-electron chi connectivity index (χ3n) is 5.34. The zero-order valence-corrected chi connectivity index (χ0v) is 18.6. The highest BCUT2D eigenvalue weighted by molar-refractivity contribution is 7.89. The van der Waals surface area contributed by atoms with E-state index in [1.165, 1.54) is 25.3 Å². The van der Waals surface area contributed by atoms with Crippen molar-refractivity contribution in [2.24, 2.45) is 0 Å². The van der Waals surface area contributed by atoms with Gasteiger partial charge in [0, 0.05) is 24.1 Å². The molecular weight excluding hydrogens is 432 g/mol. The van der Waals surface area contributed by atoms with Crippen molar-refractivity contribution in [3.63, 3.8) is 0 Å². The maximum atomic E-state index is 13.0. The Labute approximate surface area is 186 Å². The van der Waals surface area contributed by atoms with Crippen molar-refractivity contribution in [3.05, 3.63) is 53.9 Å². The molecule has 1 fully saturated rings. The maximum absolute atomic E-state index is 13.0. The molecule has 2 aromatic carbocycles. The number of nitrogens with zero attached hydrogens (tertiary/aromatic N) is 2. The zero-order chi connectivity index (χ0) is 22.7. The summed E-state index contributed by atoms with van der Waals surface area (Å²) in [5.41, 5.74) is 1.24. The number of benzene rings is 2. The smallest absolute Gasteiger partial charge is 0.255 e. The van der Waals surface area contributed by atoms with Gasteiger partial charge < -0.3 is 14.6 Å². The van der Waals surface area contributed by atoms with Crippen LogP contribution in [0.5, 0.6) is 5.75 Å². The molecule has 1 aromatic heterocycles. The van der Waals surface area contributed by atoms with E-state index in [1.54, 1.807) is 31.2 Å². The van der Waals surface area contributed by atoms with Crippen molar-refractivity contribution >= 4 is 21.6 Å². The zero-order valence-electron chi connectivity index (χ0n) is 17.8. The summed E-state index contributed by atoms with van der Waals surface area (Å²) in [5, 5.41) is 6.71. The Morgan fingerprint density at radius 2 is 1.91 bits per heavy atom. The number of hydrogen-bond donors (Lipinski definition) is 2. The summed E-state index contributed by atoms with van der Waals surface area (Å²) in [7, 11) is -2.46. The molecule has 0 atom stereocenters. The molecule has 0 aliphatic heterocycles. The van der Waals surface area contributed by atoms with Gasteiger partial charge in [0.1, 0.15) is 10.6 Å². The van der Waals surface area contributed by atoms with Crippen molar-refractivity contribution in [1.82, 2.24) is 14.9 Å². The molecule has 9 nitrogen and oxygen atoms in total. The van der Waals surface area contributed by atoms with Gasteiger partial charge in [0.05, 0.1) is 12.8 Å². The van der Waals surface area contributed by atoms with Crippen LogP contribution in [0.1, 0.15) is 41.9 Å². The molecule has 2 N–H and O–H groups in total. The van der Waals surface area contributed by atoms with Gasteiger partial charge in [0.2, 0.25) is 21.7 Å². The van der Waals surface area contributed by atoms with Gasteiger partial charge in [-0.05, 0) is 43.2 Å². The summed E-state index contributed by atoms with van der Waals surface area (Å²) >= 11 is 0. The van der Waals surface area contributed by atoms with Crippen LogP contribution in [0.2, 0.25) is 0 Å². The third-order valence-corrected chi connectivity index (χ3v) is 6.88. The molecule has 4 rings (SSSR count). The van der Waals surface area contributed by atoms with E-state index in [0.29, 0.717) is 23.0 Å². The summed E-state index contributed by atoms with van der Waals surface area (Å²) in [6.07, 6.45) is 3.58. The number of anilines is 1. The molecule has 10 heteroatoms. The summed E-state index contributed by atoms with van der Waals surface area (Å²) in [6, 6.07) is 11.2. The Bertz CT molecular complexity index is 1230. The minimum atomic E-state index is -3.85. The second kappa shape index (κ2) is 9.09. The van der Waals surface area contributed by atoms with E-state index in [9.17, 15) is 13.2 Å². The molecule has 0 radical (unpaired) electrons. The number of amides is 1. The van der Waals surface area contributed by atoms with Gasteiger partial charge >= 0.3 is 0 Å². The Morgan fingerprint density at radius 3 is 2.59 bits per heavy atom. The van der Waals surface area contributed by atoms with Crippen LogP contribution in [0.4, 0.5) is 5.69 Å². The number of aryl methyl sites for hydroxylation is 1. The molecule has 1 saturated carbocycles. The average molecular weight is 457 g/mol. The largest absolute Gasteiger partial charge is 0.495 e. The lowest BCUT2D eigenvalue weighted by atomic mass is 10.1. The predicted molar refractivity (Wildman–Crippen MR) is 118 cm³/mol. The Hall–Kier alpha value is -3.24. The monoisotopic (exact) mass is 456 g/mol. The van der Waals surface area contributed by atoms with Crippen LogP contribution in [-0.2, 0) is 10.0 Å². The van der Waals surface area contributed by atoms with Crippen molar-refractivity contribution in [1.29, 1.82) is 0 Å². The Balaban J connectivity index is 1.62. The van der Waals surface area contributed by atoms with Gasteiger partial charge in [-0.2, -0.15) is 4.98 Å². The molecule has 3 aromatic rings. The predicted octanol–water partition coefficient (Wildman–Crippen LogP) is 3.53. The molecule has 0 spiro atoms. The van der Waals surface area contributed by atoms with Gasteiger partial charge in [-0.25, -0.2) is 13.1 Å². The summed E-state index contributed by atoms with van der Waals surface area (Å²) in [4.78, 5) is 17.1. The molecule has 1 heterocycles. The first-order chi connectivity index (χ1) is 15.4. The van der Waals surface area contributed by atoms with Gasteiger partial charge in [0.25, 0.3) is 5.91 Å². The highest BCUT2D eigenvalue weighted by atomic mass is 32.2. The topological polar surface area (TPSA) is 123 Å². The number of methoxy groups -OCH3 is 1. The maximum Gasteiger partial charge on any atom is 0.255 e. The Kier molecular flexibility index (Phi) is 6.24. The fourth-order valence-electron chi connectivity index (χ4n) is 3.74. The number of sulfonamides is 1. The van der Waals surface area contributed by atoms with E-state index in [1.807, 2.05) is 0 Å². The number of rotatable bonds is 7. The third kappa shape index (κ3) is 4.66. The van der Waals surface area contributed by atoms with Crippen LogP contribution >= 0.6 is 0 Å².